The molecule has 3 nitrogen and oxygen atoms in total. The number of hydrogen-bond acceptors (Lipinski definition) is 2. The van der Waals surface area contributed by atoms with Gasteiger partial charge in [0.2, 0.25) is 0 Å². The Kier molecular flexibility index (Phi) is 2.88. The molecule has 0 fully saturated rings. The zero-order valence-electron chi connectivity index (χ0n) is 8.44. The lowest BCUT2D eigenvalue weighted by Gasteiger charge is -2.03. The van der Waals surface area contributed by atoms with Crippen LogP contribution in [0.4, 0.5) is 0 Å². The Morgan fingerprint density at radius 2 is 2.00 bits per heavy atom. The molecule has 0 aliphatic carbocycles. The summed E-state index contributed by atoms with van der Waals surface area (Å²) in [5, 5.41) is 4.40. The number of hydrogen-bond donors (Lipinski definition) is 1. The van der Waals surface area contributed by atoms with Crippen LogP contribution in [0.2, 0.25) is 0 Å². The third-order valence-corrected chi connectivity index (χ3v) is 2.75. The molecule has 0 amide bonds. The summed E-state index contributed by atoms with van der Waals surface area (Å²) >= 11 is 3.41. The van der Waals surface area contributed by atoms with Gasteiger partial charge in [0.1, 0.15) is 0 Å². The molecular formula is C11H12BrN3. The van der Waals surface area contributed by atoms with Crippen LogP contribution in [0.5, 0.6) is 0 Å². The Morgan fingerprint density at radius 3 is 2.53 bits per heavy atom. The standard InChI is InChI=1S/C11H12BrN3/c1-8-6-10(7-13)14-15(8)11-4-2-9(12)3-5-11/h2-6H,7,13H2,1H3. The first-order valence-electron chi connectivity index (χ1n) is 4.72. The van der Waals surface area contributed by atoms with Gasteiger partial charge in [-0.1, -0.05) is 15.9 Å². The van der Waals surface area contributed by atoms with E-state index in [1.54, 1.807) is 0 Å². The molecule has 0 aliphatic rings. The van der Waals surface area contributed by atoms with Gasteiger partial charge in [-0.05, 0) is 37.3 Å². The number of aromatic nitrogens is 2. The number of benzene rings is 1. The highest BCUT2D eigenvalue weighted by Crippen LogP contribution is 2.15. The van der Waals surface area contributed by atoms with Crippen LogP contribution >= 0.6 is 15.9 Å². The quantitative estimate of drug-likeness (QED) is 0.907. The van der Waals surface area contributed by atoms with Crippen molar-refractivity contribution < 1.29 is 0 Å². The maximum atomic E-state index is 5.55. The number of aryl methyl sites for hydroxylation is 1. The second-order valence-corrected chi connectivity index (χ2v) is 4.29. The highest BCUT2D eigenvalue weighted by atomic mass is 79.9. The minimum atomic E-state index is 0.477. The maximum Gasteiger partial charge on any atom is 0.0767 e. The van der Waals surface area contributed by atoms with Gasteiger partial charge >= 0.3 is 0 Å². The predicted octanol–water partition coefficient (Wildman–Crippen LogP) is 2.40. The lowest BCUT2D eigenvalue weighted by molar-refractivity contribution is 0.812. The van der Waals surface area contributed by atoms with Gasteiger partial charge in [-0.25, -0.2) is 4.68 Å². The summed E-state index contributed by atoms with van der Waals surface area (Å²) in [5.74, 6) is 0. The average Bonchev–Trinajstić information content (AvgIpc) is 2.61. The molecule has 1 aromatic heterocycles. The molecule has 2 N–H and O–H groups in total. The van der Waals surface area contributed by atoms with Gasteiger partial charge < -0.3 is 5.73 Å². The molecule has 1 aromatic carbocycles. The van der Waals surface area contributed by atoms with E-state index < -0.39 is 0 Å². The molecule has 4 heteroatoms. The molecular weight excluding hydrogens is 254 g/mol. The summed E-state index contributed by atoms with van der Waals surface area (Å²) < 4.78 is 2.96. The van der Waals surface area contributed by atoms with Crippen molar-refractivity contribution in [2.45, 2.75) is 13.5 Å². The van der Waals surface area contributed by atoms with Gasteiger partial charge in [0.15, 0.2) is 0 Å². The molecule has 0 unspecified atom stereocenters. The van der Waals surface area contributed by atoms with E-state index >= 15 is 0 Å². The Morgan fingerprint density at radius 1 is 1.33 bits per heavy atom. The van der Waals surface area contributed by atoms with Crippen LogP contribution in [0.3, 0.4) is 0 Å². The largest absolute Gasteiger partial charge is 0.325 e. The third-order valence-electron chi connectivity index (χ3n) is 2.22. The van der Waals surface area contributed by atoms with E-state index in [1.807, 2.05) is 41.9 Å². The van der Waals surface area contributed by atoms with E-state index in [9.17, 15) is 0 Å². The van der Waals surface area contributed by atoms with E-state index in [-0.39, 0.29) is 0 Å². The number of rotatable bonds is 2. The second kappa shape index (κ2) is 4.16. The highest BCUT2D eigenvalue weighted by molar-refractivity contribution is 9.10. The summed E-state index contributed by atoms with van der Waals surface area (Å²) in [5.41, 5.74) is 8.61. The number of halogens is 1. The summed E-state index contributed by atoms with van der Waals surface area (Å²) in [6, 6.07) is 10.0. The van der Waals surface area contributed by atoms with Crippen molar-refractivity contribution >= 4 is 15.9 Å². The Balaban J connectivity index is 2.44. The van der Waals surface area contributed by atoms with E-state index in [4.69, 9.17) is 5.73 Å². The van der Waals surface area contributed by atoms with E-state index in [1.165, 1.54) is 0 Å². The minimum absolute atomic E-state index is 0.477. The van der Waals surface area contributed by atoms with Crippen molar-refractivity contribution in [3.63, 3.8) is 0 Å². The van der Waals surface area contributed by atoms with Crippen molar-refractivity contribution in [2.75, 3.05) is 0 Å². The van der Waals surface area contributed by atoms with Crippen molar-refractivity contribution in [3.05, 3.63) is 46.2 Å². The molecule has 2 rings (SSSR count). The second-order valence-electron chi connectivity index (χ2n) is 3.37. The molecule has 0 radical (unpaired) electrons. The fourth-order valence-corrected chi connectivity index (χ4v) is 1.75. The monoisotopic (exact) mass is 265 g/mol. The van der Waals surface area contributed by atoms with Crippen LogP contribution in [0, 0.1) is 6.92 Å². The van der Waals surface area contributed by atoms with Crippen LogP contribution < -0.4 is 5.73 Å². The topological polar surface area (TPSA) is 43.8 Å². The van der Waals surface area contributed by atoms with E-state index in [2.05, 4.69) is 21.0 Å². The van der Waals surface area contributed by atoms with Gasteiger partial charge in [0.25, 0.3) is 0 Å². The van der Waals surface area contributed by atoms with Gasteiger partial charge in [-0.3, -0.25) is 0 Å². The summed E-state index contributed by atoms with van der Waals surface area (Å²) in [4.78, 5) is 0. The first kappa shape index (κ1) is 10.4. The Hall–Kier alpha value is -1.13. The van der Waals surface area contributed by atoms with E-state index in [0.29, 0.717) is 6.54 Å². The smallest absolute Gasteiger partial charge is 0.0767 e. The predicted molar refractivity (Wildman–Crippen MR) is 63.9 cm³/mol. The van der Waals surface area contributed by atoms with Gasteiger partial charge in [0.05, 0.1) is 11.4 Å². The van der Waals surface area contributed by atoms with Gasteiger partial charge in [0, 0.05) is 16.7 Å². The molecule has 0 aliphatic heterocycles. The van der Waals surface area contributed by atoms with Crippen LogP contribution in [0.25, 0.3) is 5.69 Å². The van der Waals surface area contributed by atoms with Crippen LogP contribution in [0.1, 0.15) is 11.4 Å². The molecule has 0 bridgehead atoms. The summed E-state index contributed by atoms with van der Waals surface area (Å²) in [7, 11) is 0. The van der Waals surface area contributed by atoms with Gasteiger partial charge in [-0.15, -0.1) is 0 Å². The number of nitrogens with two attached hydrogens (primary N) is 1. The maximum absolute atomic E-state index is 5.55. The molecule has 2 aromatic rings. The molecule has 0 saturated carbocycles. The lowest BCUT2D eigenvalue weighted by atomic mass is 10.3. The molecule has 0 atom stereocenters. The average molecular weight is 266 g/mol. The Labute approximate surface area is 97.0 Å². The normalized spacial score (nSPS) is 10.6. The fourth-order valence-electron chi connectivity index (χ4n) is 1.48. The molecule has 1 heterocycles. The zero-order chi connectivity index (χ0) is 10.8. The van der Waals surface area contributed by atoms with Crippen molar-refractivity contribution in [1.82, 2.24) is 9.78 Å². The van der Waals surface area contributed by atoms with Gasteiger partial charge in [-0.2, -0.15) is 5.10 Å². The number of nitrogens with zero attached hydrogens (tertiary/aromatic N) is 2. The minimum Gasteiger partial charge on any atom is -0.325 e. The summed E-state index contributed by atoms with van der Waals surface area (Å²) in [6.07, 6.45) is 0. The molecule has 78 valence electrons. The van der Waals surface area contributed by atoms with E-state index in [0.717, 1.165) is 21.5 Å². The lowest BCUT2D eigenvalue weighted by Crippen LogP contribution is -2.01. The van der Waals surface area contributed by atoms with Crippen LogP contribution in [-0.4, -0.2) is 9.78 Å². The van der Waals surface area contributed by atoms with Crippen molar-refractivity contribution in [2.24, 2.45) is 5.73 Å². The third kappa shape index (κ3) is 2.11. The zero-order valence-corrected chi connectivity index (χ0v) is 10.0. The first-order valence-corrected chi connectivity index (χ1v) is 5.51. The van der Waals surface area contributed by atoms with Crippen molar-refractivity contribution in [1.29, 1.82) is 0 Å². The summed E-state index contributed by atoms with van der Waals surface area (Å²) in [6.45, 7) is 2.50. The highest BCUT2D eigenvalue weighted by Gasteiger charge is 2.04. The fraction of sp³-hybridized carbons (Fsp3) is 0.182. The first-order chi connectivity index (χ1) is 7.20. The SMILES string of the molecule is Cc1cc(CN)nn1-c1ccc(Br)cc1. The van der Waals surface area contributed by atoms with Crippen LogP contribution in [0.15, 0.2) is 34.8 Å². The molecule has 0 spiro atoms. The Bertz CT molecular complexity index is 459. The van der Waals surface area contributed by atoms with Crippen molar-refractivity contribution in [3.8, 4) is 5.69 Å². The molecule has 0 saturated heterocycles. The van der Waals surface area contributed by atoms with Crippen LogP contribution in [-0.2, 0) is 6.54 Å². The molecule has 15 heavy (non-hydrogen) atoms.